The predicted molar refractivity (Wildman–Crippen MR) is 62.9 cm³/mol. The first-order chi connectivity index (χ1) is 7.63. The van der Waals surface area contributed by atoms with E-state index in [1.165, 1.54) is 0 Å². The van der Waals surface area contributed by atoms with Crippen LogP contribution in [0.1, 0.15) is 0 Å². The molecule has 16 heavy (non-hydrogen) atoms. The van der Waals surface area contributed by atoms with Crippen LogP contribution >= 0.6 is 0 Å². The van der Waals surface area contributed by atoms with Crippen LogP contribution < -0.4 is 17.2 Å². The molecule has 0 unspecified atom stereocenters. The van der Waals surface area contributed by atoms with Crippen molar-refractivity contribution in [1.82, 2.24) is 4.90 Å². The lowest BCUT2D eigenvalue weighted by molar-refractivity contribution is 0.554. The Hall–Kier alpha value is -2.36. The highest BCUT2D eigenvalue weighted by Gasteiger charge is 2.25. The molecule has 3 rings (SSSR count). The van der Waals surface area contributed by atoms with Gasteiger partial charge >= 0.3 is 0 Å². The molecule has 0 fully saturated rings. The van der Waals surface area contributed by atoms with E-state index in [9.17, 15) is 0 Å². The van der Waals surface area contributed by atoms with E-state index in [0.717, 1.165) is 17.1 Å². The molecule has 4 nitrogen and oxygen atoms in total. The average Bonchev–Trinajstić information content (AvgIpc) is 2.14. The highest BCUT2D eigenvalue weighted by atomic mass is 15.2. The Bertz CT molecular complexity index is 475. The minimum absolute atomic E-state index is 0.706. The van der Waals surface area contributed by atoms with E-state index < -0.39 is 0 Å². The summed E-state index contributed by atoms with van der Waals surface area (Å²) in [7, 11) is 0. The van der Waals surface area contributed by atoms with Gasteiger partial charge in [0.15, 0.2) is 0 Å². The fraction of sp³-hybridized carbons (Fsp3) is 0. The first-order valence-corrected chi connectivity index (χ1v) is 5.00. The third-order valence-corrected chi connectivity index (χ3v) is 2.66. The van der Waals surface area contributed by atoms with Gasteiger partial charge in [0.1, 0.15) is 0 Å². The van der Waals surface area contributed by atoms with Gasteiger partial charge < -0.3 is 22.1 Å². The molecule has 3 heterocycles. The molecular weight excluding hydrogens is 200 g/mol. The van der Waals surface area contributed by atoms with E-state index in [-0.39, 0.29) is 0 Å². The summed E-state index contributed by atoms with van der Waals surface area (Å²) >= 11 is 0. The minimum Gasteiger partial charge on any atom is -0.399 e. The Kier molecular flexibility index (Phi) is 1.57. The van der Waals surface area contributed by atoms with E-state index in [2.05, 4.69) is 4.90 Å². The Morgan fingerprint density at radius 2 is 0.875 bits per heavy atom. The van der Waals surface area contributed by atoms with E-state index in [4.69, 9.17) is 17.2 Å². The Morgan fingerprint density at radius 1 is 0.562 bits per heavy atom. The van der Waals surface area contributed by atoms with E-state index in [1.54, 1.807) is 0 Å². The third kappa shape index (κ3) is 1.16. The van der Waals surface area contributed by atoms with Crippen LogP contribution in [0.25, 0.3) is 0 Å². The second kappa shape index (κ2) is 2.82. The topological polar surface area (TPSA) is 81.3 Å². The predicted octanol–water partition coefficient (Wildman–Crippen LogP) is 0.509. The Morgan fingerprint density at radius 3 is 1.19 bits per heavy atom. The standard InChI is InChI=1S/C12H12N4/c13-7-1-10-3-8(14)4-12-6-9(15)5-11(2-7)16(10)12/h1-6H,13-15H2. The number of rotatable bonds is 0. The summed E-state index contributed by atoms with van der Waals surface area (Å²) < 4.78 is 0. The van der Waals surface area contributed by atoms with Crippen molar-refractivity contribution in [1.29, 1.82) is 0 Å². The number of nitrogens with two attached hydrogens (primary N) is 3. The van der Waals surface area contributed by atoms with E-state index in [1.807, 2.05) is 36.5 Å². The zero-order valence-corrected chi connectivity index (χ0v) is 8.64. The first kappa shape index (κ1) is 8.91. The van der Waals surface area contributed by atoms with Gasteiger partial charge in [0.25, 0.3) is 0 Å². The van der Waals surface area contributed by atoms with Gasteiger partial charge in [-0.2, -0.15) is 0 Å². The number of hydrogen-bond donors (Lipinski definition) is 3. The Labute approximate surface area is 93.4 Å². The maximum atomic E-state index is 5.84. The minimum atomic E-state index is 0.706. The molecule has 0 saturated carbocycles. The number of hydrogen-bond acceptors (Lipinski definition) is 4. The molecule has 6 N–H and O–H groups in total. The van der Waals surface area contributed by atoms with Gasteiger partial charge in [-0.3, -0.25) is 0 Å². The molecule has 0 aromatic rings. The first-order valence-electron chi connectivity index (χ1n) is 5.00. The second-order valence-corrected chi connectivity index (χ2v) is 3.98. The lowest BCUT2D eigenvalue weighted by Gasteiger charge is -2.35. The molecule has 0 amide bonds. The smallest absolute Gasteiger partial charge is 0.0502 e. The Balaban J connectivity index is 2.24. The SMILES string of the molecule is NC1=CC2=CC(N)=CC3=CC(N)=CC(=C1)N23. The largest absolute Gasteiger partial charge is 0.399 e. The van der Waals surface area contributed by atoms with Crippen molar-refractivity contribution in [2.24, 2.45) is 17.2 Å². The summed E-state index contributed by atoms with van der Waals surface area (Å²) in [6.45, 7) is 0. The number of allylic oxidation sites excluding steroid dienone is 6. The monoisotopic (exact) mass is 212 g/mol. The normalized spacial score (nSPS) is 22.1. The van der Waals surface area contributed by atoms with Crippen LogP contribution in [0.5, 0.6) is 0 Å². The third-order valence-electron chi connectivity index (χ3n) is 2.66. The molecule has 4 heteroatoms. The van der Waals surface area contributed by atoms with Gasteiger partial charge in [0.05, 0.1) is 17.1 Å². The quantitative estimate of drug-likeness (QED) is 0.546. The average molecular weight is 212 g/mol. The van der Waals surface area contributed by atoms with Gasteiger partial charge in [0, 0.05) is 17.1 Å². The lowest BCUT2D eigenvalue weighted by Crippen LogP contribution is -2.29. The molecule has 80 valence electrons. The molecule has 0 aromatic heterocycles. The molecule has 3 aliphatic rings. The van der Waals surface area contributed by atoms with Crippen LogP contribution in [0.3, 0.4) is 0 Å². The van der Waals surface area contributed by atoms with Crippen LogP contribution in [0.15, 0.2) is 70.6 Å². The summed E-state index contributed by atoms with van der Waals surface area (Å²) in [5.74, 6) is 0. The summed E-state index contributed by atoms with van der Waals surface area (Å²) in [5.41, 5.74) is 22.6. The summed E-state index contributed by atoms with van der Waals surface area (Å²) in [6, 6.07) is 0. The zero-order chi connectivity index (χ0) is 11.3. The highest BCUT2D eigenvalue weighted by molar-refractivity contribution is 5.56. The van der Waals surface area contributed by atoms with Crippen molar-refractivity contribution in [3.63, 3.8) is 0 Å². The fourth-order valence-electron chi connectivity index (χ4n) is 2.11. The maximum Gasteiger partial charge on any atom is 0.0502 e. The summed E-state index contributed by atoms with van der Waals surface area (Å²) in [5, 5.41) is 0. The second-order valence-electron chi connectivity index (χ2n) is 3.98. The zero-order valence-electron chi connectivity index (χ0n) is 8.64. The molecule has 0 aromatic carbocycles. The van der Waals surface area contributed by atoms with Crippen molar-refractivity contribution in [3.05, 3.63) is 70.6 Å². The molecule has 0 atom stereocenters. The van der Waals surface area contributed by atoms with Crippen molar-refractivity contribution >= 4 is 0 Å². The van der Waals surface area contributed by atoms with Gasteiger partial charge in [-0.15, -0.1) is 0 Å². The van der Waals surface area contributed by atoms with Crippen LogP contribution in [0, 0.1) is 0 Å². The van der Waals surface area contributed by atoms with Crippen molar-refractivity contribution in [2.45, 2.75) is 0 Å². The van der Waals surface area contributed by atoms with Crippen LogP contribution in [-0.2, 0) is 0 Å². The number of nitrogens with zero attached hydrogens (tertiary/aromatic N) is 1. The van der Waals surface area contributed by atoms with Crippen molar-refractivity contribution < 1.29 is 0 Å². The van der Waals surface area contributed by atoms with E-state index >= 15 is 0 Å². The molecule has 0 radical (unpaired) electrons. The van der Waals surface area contributed by atoms with Crippen LogP contribution in [0.2, 0.25) is 0 Å². The molecule has 0 aliphatic carbocycles. The molecule has 0 bridgehead atoms. The van der Waals surface area contributed by atoms with Crippen LogP contribution in [0.4, 0.5) is 0 Å². The van der Waals surface area contributed by atoms with Crippen LogP contribution in [-0.4, -0.2) is 4.90 Å². The van der Waals surface area contributed by atoms with Crippen molar-refractivity contribution in [2.75, 3.05) is 0 Å². The van der Waals surface area contributed by atoms with Gasteiger partial charge in [-0.25, -0.2) is 0 Å². The highest BCUT2D eigenvalue weighted by Crippen LogP contribution is 2.34. The van der Waals surface area contributed by atoms with Gasteiger partial charge in [0.2, 0.25) is 0 Å². The molecule has 0 saturated heterocycles. The molecular formula is C12H12N4. The van der Waals surface area contributed by atoms with Gasteiger partial charge in [-0.1, -0.05) is 0 Å². The summed E-state index contributed by atoms with van der Waals surface area (Å²) in [6.07, 6.45) is 11.4. The molecule has 0 spiro atoms. The summed E-state index contributed by atoms with van der Waals surface area (Å²) in [4.78, 5) is 2.07. The van der Waals surface area contributed by atoms with Gasteiger partial charge in [-0.05, 0) is 36.5 Å². The molecule has 3 aliphatic heterocycles. The fourth-order valence-corrected chi connectivity index (χ4v) is 2.11. The maximum absolute atomic E-state index is 5.84. The van der Waals surface area contributed by atoms with Crippen molar-refractivity contribution in [3.8, 4) is 0 Å². The van der Waals surface area contributed by atoms with E-state index in [0.29, 0.717) is 17.1 Å². The lowest BCUT2D eigenvalue weighted by atomic mass is 10.0.